The molecular formula is C10H15F6N. The zero-order chi connectivity index (χ0) is 13.3. The van der Waals surface area contributed by atoms with Crippen molar-refractivity contribution in [2.24, 2.45) is 0 Å². The molecule has 1 aliphatic rings. The Labute approximate surface area is 95.8 Å². The van der Waals surface area contributed by atoms with Crippen LogP contribution in [0.1, 0.15) is 26.2 Å². The van der Waals surface area contributed by atoms with Crippen molar-refractivity contribution in [1.82, 2.24) is 4.90 Å². The van der Waals surface area contributed by atoms with E-state index in [9.17, 15) is 26.3 Å². The van der Waals surface area contributed by atoms with Crippen LogP contribution in [0.5, 0.6) is 0 Å². The molecule has 102 valence electrons. The third-order valence-electron chi connectivity index (χ3n) is 3.12. The predicted octanol–water partition coefficient (Wildman–Crippen LogP) is 3.40. The van der Waals surface area contributed by atoms with Crippen LogP contribution in [-0.4, -0.2) is 42.3 Å². The van der Waals surface area contributed by atoms with Crippen LogP contribution in [0.2, 0.25) is 0 Å². The molecule has 1 saturated heterocycles. The average molecular weight is 263 g/mol. The molecule has 0 radical (unpaired) electrons. The van der Waals surface area contributed by atoms with Gasteiger partial charge in [-0.3, -0.25) is 4.90 Å². The summed E-state index contributed by atoms with van der Waals surface area (Å²) in [5, 5.41) is 0. The van der Waals surface area contributed by atoms with Crippen LogP contribution in [-0.2, 0) is 0 Å². The molecule has 0 spiro atoms. The van der Waals surface area contributed by atoms with E-state index in [1.54, 1.807) is 0 Å². The van der Waals surface area contributed by atoms with Crippen molar-refractivity contribution in [3.63, 3.8) is 0 Å². The minimum atomic E-state index is -5.52. The van der Waals surface area contributed by atoms with Crippen molar-refractivity contribution in [2.75, 3.05) is 13.1 Å². The summed E-state index contributed by atoms with van der Waals surface area (Å²) in [6.45, 7) is 1.53. The van der Waals surface area contributed by atoms with Gasteiger partial charge in [0.25, 0.3) is 6.17 Å². The number of piperidine rings is 1. The fourth-order valence-corrected chi connectivity index (χ4v) is 1.98. The van der Waals surface area contributed by atoms with E-state index in [4.69, 9.17) is 0 Å². The van der Waals surface area contributed by atoms with E-state index in [-0.39, 0.29) is 0 Å². The van der Waals surface area contributed by atoms with Gasteiger partial charge in [-0.05, 0) is 32.9 Å². The molecule has 0 saturated carbocycles. The first-order valence-electron chi connectivity index (χ1n) is 5.50. The SMILES string of the molecule is CC(N1CCCCC1)C(F)(F)C(F)C(F)(F)F. The molecule has 7 heteroatoms. The highest BCUT2D eigenvalue weighted by atomic mass is 19.4. The summed E-state index contributed by atoms with van der Waals surface area (Å²) in [5.41, 5.74) is 0. The minimum Gasteiger partial charge on any atom is -0.295 e. The number of nitrogens with zero attached hydrogens (tertiary/aromatic N) is 1. The van der Waals surface area contributed by atoms with Crippen LogP contribution in [0.4, 0.5) is 26.3 Å². The lowest BCUT2D eigenvalue weighted by Gasteiger charge is -2.38. The molecule has 1 fully saturated rings. The summed E-state index contributed by atoms with van der Waals surface area (Å²) in [6.07, 6.45) is -7.44. The molecule has 0 aromatic carbocycles. The van der Waals surface area contributed by atoms with Crippen molar-refractivity contribution in [3.8, 4) is 0 Å². The van der Waals surface area contributed by atoms with E-state index in [0.29, 0.717) is 25.9 Å². The topological polar surface area (TPSA) is 3.24 Å². The van der Waals surface area contributed by atoms with Gasteiger partial charge in [0.15, 0.2) is 0 Å². The number of halogens is 6. The standard InChI is InChI=1S/C10H15F6N/c1-7(17-5-3-2-4-6-17)9(12,13)8(11)10(14,15)16/h7-8H,2-6H2,1H3. The lowest BCUT2D eigenvalue weighted by atomic mass is 10.0. The zero-order valence-electron chi connectivity index (χ0n) is 9.41. The molecule has 1 aliphatic heterocycles. The van der Waals surface area contributed by atoms with Gasteiger partial charge < -0.3 is 0 Å². The zero-order valence-corrected chi connectivity index (χ0v) is 9.41. The molecule has 0 aromatic heterocycles. The Morgan fingerprint density at radius 1 is 0.941 bits per heavy atom. The van der Waals surface area contributed by atoms with Gasteiger partial charge in [-0.1, -0.05) is 6.42 Å². The molecule has 0 bridgehead atoms. The smallest absolute Gasteiger partial charge is 0.295 e. The molecule has 0 N–H and O–H groups in total. The lowest BCUT2D eigenvalue weighted by molar-refractivity contribution is -0.258. The van der Waals surface area contributed by atoms with E-state index < -0.39 is 24.3 Å². The second-order valence-electron chi connectivity index (χ2n) is 4.35. The average Bonchev–Trinajstić information content (AvgIpc) is 2.27. The first-order chi connectivity index (χ1) is 7.67. The number of likely N-dealkylation sites (tertiary alicyclic amines) is 1. The van der Waals surface area contributed by atoms with E-state index in [2.05, 4.69) is 0 Å². The number of hydrogen-bond acceptors (Lipinski definition) is 1. The quantitative estimate of drug-likeness (QED) is 0.705. The molecule has 2 atom stereocenters. The van der Waals surface area contributed by atoms with Crippen molar-refractivity contribution in [1.29, 1.82) is 0 Å². The van der Waals surface area contributed by atoms with Crippen LogP contribution < -0.4 is 0 Å². The van der Waals surface area contributed by atoms with Gasteiger partial charge >= 0.3 is 12.1 Å². The Kier molecular flexibility index (Phi) is 4.33. The van der Waals surface area contributed by atoms with Crippen molar-refractivity contribution in [3.05, 3.63) is 0 Å². The van der Waals surface area contributed by atoms with E-state index >= 15 is 0 Å². The van der Waals surface area contributed by atoms with Gasteiger partial charge in [-0.15, -0.1) is 0 Å². The molecule has 0 aromatic rings. The maximum absolute atomic E-state index is 13.4. The monoisotopic (exact) mass is 263 g/mol. The largest absolute Gasteiger partial charge is 0.425 e. The molecule has 1 nitrogen and oxygen atoms in total. The Hall–Kier alpha value is -0.460. The van der Waals surface area contributed by atoms with Gasteiger partial charge in [0.2, 0.25) is 0 Å². The van der Waals surface area contributed by atoms with Crippen LogP contribution in [0.3, 0.4) is 0 Å². The fraction of sp³-hybridized carbons (Fsp3) is 1.00. The van der Waals surface area contributed by atoms with Crippen LogP contribution >= 0.6 is 0 Å². The molecular weight excluding hydrogens is 248 g/mol. The molecule has 0 aliphatic carbocycles. The highest BCUT2D eigenvalue weighted by Gasteiger charge is 2.60. The van der Waals surface area contributed by atoms with Gasteiger partial charge in [-0.25, -0.2) is 13.2 Å². The second-order valence-corrected chi connectivity index (χ2v) is 4.35. The minimum absolute atomic E-state index is 0.293. The van der Waals surface area contributed by atoms with Crippen LogP contribution in [0.15, 0.2) is 0 Å². The molecule has 17 heavy (non-hydrogen) atoms. The maximum atomic E-state index is 13.4. The Bertz CT molecular complexity index is 246. The number of hydrogen-bond donors (Lipinski definition) is 0. The molecule has 1 rings (SSSR count). The lowest BCUT2D eigenvalue weighted by Crippen LogP contribution is -2.56. The number of alkyl halides is 6. The van der Waals surface area contributed by atoms with Gasteiger partial charge in [0.1, 0.15) is 0 Å². The van der Waals surface area contributed by atoms with Gasteiger partial charge in [-0.2, -0.15) is 13.2 Å². The van der Waals surface area contributed by atoms with Crippen LogP contribution in [0, 0.1) is 0 Å². The first kappa shape index (κ1) is 14.6. The van der Waals surface area contributed by atoms with E-state index in [0.717, 1.165) is 13.3 Å². The van der Waals surface area contributed by atoms with Crippen molar-refractivity contribution < 1.29 is 26.3 Å². The third kappa shape index (κ3) is 3.26. The summed E-state index contributed by atoms with van der Waals surface area (Å²) >= 11 is 0. The van der Waals surface area contributed by atoms with Gasteiger partial charge in [0.05, 0.1) is 6.04 Å². The summed E-state index contributed by atoms with van der Waals surface area (Å²) in [6, 6.07) is -1.74. The van der Waals surface area contributed by atoms with Crippen molar-refractivity contribution in [2.45, 2.75) is 50.5 Å². The molecule has 1 heterocycles. The second kappa shape index (κ2) is 5.04. The maximum Gasteiger partial charge on any atom is 0.425 e. The Morgan fingerprint density at radius 2 is 1.41 bits per heavy atom. The molecule has 0 amide bonds. The Balaban J connectivity index is 2.74. The van der Waals surface area contributed by atoms with E-state index in [1.807, 2.05) is 0 Å². The highest BCUT2D eigenvalue weighted by molar-refractivity contribution is 4.92. The summed E-state index contributed by atoms with van der Waals surface area (Å²) in [4.78, 5) is 1.22. The summed E-state index contributed by atoms with van der Waals surface area (Å²) < 4.78 is 75.5. The fourth-order valence-electron chi connectivity index (χ4n) is 1.98. The summed E-state index contributed by atoms with van der Waals surface area (Å²) in [5.74, 6) is -4.41. The first-order valence-corrected chi connectivity index (χ1v) is 5.50. The normalized spacial score (nSPS) is 23.5. The number of rotatable bonds is 3. The summed E-state index contributed by atoms with van der Waals surface area (Å²) in [7, 11) is 0. The van der Waals surface area contributed by atoms with Gasteiger partial charge in [0, 0.05) is 0 Å². The Morgan fingerprint density at radius 3 is 1.82 bits per heavy atom. The molecule has 2 unspecified atom stereocenters. The van der Waals surface area contributed by atoms with E-state index in [1.165, 1.54) is 4.90 Å². The third-order valence-corrected chi connectivity index (χ3v) is 3.12. The van der Waals surface area contributed by atoms with Crippen LogP contribution in [0.25, 0.3) is 0 Å². The predicted molar refractivity (Wildman–Crippen MR) is 50.8 cm³/mol. The highest BCUT2D eigenvalue weighted by Crippen LogP contribution is 2.39. The van der Waals surface area contributed by atoms with Crippen molar-refractivity contribution >= 4 is 0 Å².